The maximum Gasteiger partial charge on any atom is 0.0743 e. The van der Waals surface area contributed by atoms with Crippen LogP contribution in [0.25, 0.3) is 0 Å². The molecule has 2 unspecified atom stereocenters. The number of hydrogen-bond acceptors (Lipinski definition) is 2. The predicted molar refractivity (Wildman–Crippen MR) is 65.0 cm³/mol. The van der Waals surface area contributed by atoms with Crippen molar-refractivity contribution in [3.8, 4) is 0 Å². The molecule has 1 heterocycles. The molecular formula is C13H27NO. The van der Waals surface area contributed by atoms with E-state index in [9.17, 15) is 5.11 Å². The Morgan fingerprint density at radius 2 is 2.07 bits per heavy atom. The van der Waals surface area contributed by atoms with E-state index in [4.69, 9.17) is 0 Å². The normalized spacial score (nSPS) is 27.6. The molecule has 0 aromatic heterocycles. The van der Waals surface area contributed by atoms with E-state index < -0.39 is 5.60 Å². The monoisotopic (exact) mass is 213 g/mol. The van der Waals surface area contributed by atoms with Gasteiger partial charge in [0.05, 0.1) is 5.60 Å². The molecule has 0 aliphatic carbocycles. The molecule has 15 heavy (non-hydrogen) atoms. The van der Waals surface area contributed by atoms with Gasteiger partial charge in [0.2, 0.25) is 0 Å². The van der Waals surface area contributed by atoms with Gasteiger partial charge in [-0.2, -0.15) is 0 Å². The third-order valence-corrected chi connectivity index (χ3v) is 3.68. The number of piperidine rings is 1. The molecule has 2 heteroatoms. The summed E-state index contributed by atoms with van der Waals surface area (Å²) in [6.45, 7) is 8.32. The van der Waals surface area contributed by atoms with Gasteiger partial charge in [-0.3, -0.25) is 4.90 Å². The molecule has 0 amide bonds. The molecule has 1 aliphatic heterocycles. The zero-order valence-electron chi connectivity index (χ0n) is 10.6. The van der Waals surface area contributed by atoms with Crippen LogP contribution in [-0.2, 0) is 0 Å². The molecule has 0 radical (unpaired) electrons. The van der Waals surface area contributed by atoms with Crippen molar-refractivity contribution in [1.82, 2.24) is 4.90 Å². The largest absolute Gasteiger partial charge is 0.389 e. The van der Waals surface area contributed by atoms with Gasteiger partial charge >= 0.3 is 0 Å². The van der Waals surface area contributed by atoms with E-state index in [-0.39, 0.29) is 0 Å². The summed E-state index contributed by atoms with van der Waals surface area (Å²) in [5, 5.41) is 10.1. The Labute approximate surface area is 94.7 Å². The lowest BCUT2D eigenvalue weighted by molar-refractivity contribution is -0.00769. The Bertz CT molecular complexity index is 177. The first kappa shape index (κ1) is 13.0. The van der Waals surface area contributed by atoms with Gasteiger partial charge in [0.1, 0.15) is 0 Å². The first-order chi connectivity index (χ1) is 7.09. The van der Waals surface area contributed by atoms with E-state index in [1.807, 2.05) is 6.92 Å². The second-order valence-electron chi connectivity index (χ2n) is 5.26. The lowest BCUT2D eigenvalue weighted by Gasteiger charge is -2.39. The number of hydrogen-bond donors (Lipinski definition) is 1. The molecule has 1 aliphatic rings. The minimum absolute atomic E-state index is 0.497. The Balaban J connectivity index is 2.48. The van der Waals surface area contributed by atoms with Crippen LogP contribution in [0.3, 0.4) is 0 Å². The summed E-state index contributed by atoms with van der Waals surface area (Å²) in [5.41, 5.74) is -0.497. The van der Waals surface area contributed by atoms with E-state index in [1.54, 1.807) is 0 Å². The summed E-state index contributed by atoms with van der Waals surface area (Å²) in [6, 6.07) is 0.724. The highest BCUT2D eigenvalue weighted by Crippen LogP contribution is 2.23. The predicted octanol–water partition coefficient (Wildman–Crippen LogP) is 2.80. The number of aliphatic hydroxyl groups is 1. The maximum atomic E-state index is 10.1. The fourth-order valence-electron chi connectivity index (χ4n) is 2.48. The average molecular weight is 213 g/mol. The van der Waals surface area contributed by atoms with Crippen molar-refractivity contribution in [3.05, 3.63) is 0 Å². The van der Waals surface area contributed by atoms with E-state index in [2.05, 4.69) is 18.7 Å². The summed E-state index contributed by atoms with van der Waals surface area (Å²) in [5.74, 6) is 0. The summed E-state index contributed by atoms with van der Waals surface area (Å²) < 4.78 is 0. The summed E-state index contributed by atoms with van der Waals surface area (Å²) in [4.78, 5) is 2.51. The minimum atomic E-state index is -0.497. The highest BCUT2D eigenvalue weighted by Gasteiger charge is 2.28. The lowest BCUT2D eigenvalue weighted by atomic mass is 9.94. The Kier molecular flexibility index (Phi) is 5.07. The molecule has 1 saturated heterocycles. The van der Waals surface area contributed by atoms with E-state index >= 15 is 0 Å². The van der Waals surface area contributed by atoms with Crippen molar-refractivity contribution < 1.29 is 5.11 Å². The zero-order chi connectivity index (χ0) is 11.3. The van der Waals surface area contributed by atoms with Gasteiger partial charge in [-0.1, -0.05) is 26.7 Å². The van der Waals surface area contributed by atoms with Gasteiger partial charge in [-0.05, 0) is 39.2 Å². The number of β-amino-alcohol motifs (C(OH)–C–C–N with tert-alkyl or cyclic N) is 1. The molecule has 0 aromatic carbocycles. The average Bonchev–Trinajstić information content (AvgIpc) is 2.21. The summed E-state index contributed by atoms with van der Waals surface area (Å²) in [6.07, 6.45) is 7.40. The Hall–Kier alpha value is -0.0800. The number of rotatable bonds is 5. The van der Waals surface area contributed by atoms with Crippen LogP contribution >= 0.6 is 0 Å². The topological polar surface area (TPSA) is 23.5 Å². The summed E-state index contributed by atoms with van der Waals surface area (Å²) in [7, 11) is 0. The van der Waals surface area contributed by atoms with Gasteiger partial charge in [0.25, 0.3) is 0 Å². The smallest absolute Gasteiger partial charge is 0.0743 e. The fraction of sp³-hybridized carbons (Fsp3) is 1.00. The van der Waals surface area contributed by atoms with Crippen LogP contribution in [0.5, 0.6) is 0 Å². The van der Waals surface area contributed by atoms with E-state index in [0.29, 0.717) is 0 Å². The summed E-state index contributed by atoms with van der Waals surface area (Å²) >= 11 is 0. The van der Waals surface area contributed by atoms with E-state index in [1.165, 1.54) is 38.6 Å². The fourth-order valence-corrected chi connectivity index (χ4v) is 2.48. The molecular weight excluding hydrogens is 186 g/mol. The molecule has 1 rings (SSSR count). The SMILES string of the molecule is CCCC1CCCCN1CC(C)(O)CC. The quantitative estimate of drug-likeness (QED) is 0.759. The van der Waals surface area contributed by atoms with Crippen LogP contribution in [0.1, 0.15) is 59.3 Å². The molecule has 0 bridgehead atoms. The van der Waals surface area contributed by atoms with E-state index in [0.717, 1.165) is 19.0 Å². The van der Waals surface area contributed by atoms with Crippen molar-refractivity contribution in [2.75, 3.05) is 13.1 Å². The molecule has 2 nitrogen and oxygen atoms in total. The Morgan fingerprint density at radius 3 is 2.67 bits per heavy atom. The molecule has 1 N–H and O–H groups in total. The van der Waals surface area contributed by atoms with Crippen molar-refractivity contribution in [3.63, 3.8) is 0 Å². The van der Waals surface area contributed by atoms with Crippen LogP contribution in [0.4, 0.5) is 0 Å². The molecule has 90 valence electrons. The number of likely N-dealkylation sites (tertiary alicyclic amines) is 1. The second kappa shape index (κ2) is 5.86. The molecule has 0 aromatic rings. The number of nitrogens with zero attached hydrogens (tertiary/aromatic N) is 1. The molecule has 1 fully saturated rings. The van der Waals surface area contributed by atoms with Crippen molar-refractivity contribution in [2.24, 2.45) is 0 Å². The maximum absolute atomic E-state index is 10.1. The molecule has 0 saturated carbocycles. The van der Waals surface area contributed by atoms with Gasteiger partial charge in [-0.15, -0.1) is 0 Å². The second-order valence-corrected chi connectivity index (χ2v) is 5.26. The van der Waals surface area contributed by atoms with Crippen LogP contribution in [-0.4, -0.2) is 34.7 Å². The highest BCUT2D eigenvalue weighted by molar-refractivity contribution is 4.83. The Morgan fingerprint density at radius 1 is 1.33 bits per heavy atom. The minimum Gasteiger partial charge on any atom is -0.389 e. The van der Waals surface area contributed by atoms with Gasteiger partial charge in [0, 0.05) is 12.6 Å². The molecule has 2 atom stereocenters. The van der Waals surface area contributed by atoms with Gasteiger partial charge < -0.3 is 5.11 Å². The van der Waals surface area contributed by atoms with Crippen LogP contribution in [0.2, 0.25) is 0 Å². The first-order valence-corrected chi connectivity index (χ1v) is 6.55. The van der Waals surface area contributed by atoms with Crippen molar-refractivity contribution >= 4 is 0 Å². The van der Waals surface area contributed by atoms with Gasteiger partial charge in [-0.25, -0.2) is 0 Å². The van der Waals surface area contributed by atoms with Crippen LogP contribution in [0.15, 0.2) is 0 Å². The standard InChI is InChI=1S/C13H27NO/c1-4-8-12-9-6-7-10-14(12)11-13(3,15)5-2/h12,15H,4-11H2,1-3H3. The third-order valence-electron chi connectivity index (χ3n) is 3.68. The van der Waals surface area contributed by atoms with Crippen molar-refractivity contribution in [1.29, 1.82) is 0 Å². The van der Waals surface area contributed by atoms with Crippen molar-refractivity contribution in [2.45, 2.75) is 70.9 Å². The van der Waals surface area contributed by atoms with Crippen LogP contribution in [0, 0.1) is 0 Å². The first-order valence-electron chi connectivity index (χ1n) is 6.55. The van der Waals surface area contributed by atoms with Crippen LogP contribution < -0.4 is 0 Å². The third kappa shape index (κ3) is 4.12. The zero-order valence-corrected chi connectivity index (χ0v) is 10.6. The highest BCUT2D eigenvalue weighted by atomic mass is 16.3. The lowest BCUT2D eigenvalue weighted by Crippen LogP contribution is -2.47. The molecule has 0 spiro atoms. The van der Waals surface area contributed by atoms with Gasteiger partial charge in [0.15, 0.2) is 0 Å².